The Kier molecular flexibility index (Phi) is 5.77. The Morgan fingerprint density at radius 3 is 2.61 bits per heavy atom. The summed E-state index contributed by atoms with van der Waals surface area (Å²) in [4.78, 5) is 0. The van der Waals surface area contributed by atoms with Crippen LogP contribution >= 0.6 is 0 Å². The van der Waals surface area contributed by atoms with Gasteiger partial charge in [0, 0.05) is 18.4 Å². The highest BCUT2D eigenvalue weighted by molar-refractivity contribution is 4.88. The zero-order valence-corrected chi connectivity index (χ0v) is 11.9. The Labute approximate surface area is 110 Å². The molecule has 1 atom stereocenters. The predicted octanol–water partition coefficient (Wildman–Crippen LogP) is 4.54. The van der Waals surface area contributed by atoms with Crippen LogP contribution in [0.25, 0.3) is 0 Å². The van der Waals surface area contributed by atoms with Gasteiger partial charge in [0.05, 0.1) is 0 Å². The minimum Gasteiger partial charge on any atom is -0.312 e. The highest BCUT2D eigenvalue weighted by Gasteiger charge is 2.35. The summed E-state index contributed by atoms with van der Waals surface area (Å²) in [6, 6.07) is 0. The highest BCUT2D eigenvalue weighted by Crippen LogP contribution is 2.38. The van der Waals surface area contributed by atoms with E-state index < -0.39 is 5.92 Å². The Bertz CT molecular complexity index is 266. The number of hydrogen-bond donors (Lipinski definition) is 1. The summed E-state index contributed by atoms with van der Waals surface area (Å²) in [5.41, 5.74) is 0.152. The number of allylic oxidation sites excluding steroid dienone is 1. The van der Waals surface area contributed by atoms with Gasteiger partial charge >= 0.3 is 0 Å². The van der Waals surface area contributed by atoms with Crippen molar-refractivity contribution in [1.82, 2.24) is 5.32 Å². The topological polar surface area (TPSA) is 12.0 Å². The SMILES string of the molecule is CC(C)(C)NCC/C=C/CC1CCCC(F)(F)C1. The first-order chi connectivity index (χ1) is 8.29. The van der Waals surface area contributed by atoms with Crippen LogP contribution < -0.4 is 5.32 Å². The molecule has 1 unspecified atom stereocenters. The van der Waals surface area contributed by atoms with Crippen LogP contribution in [0.1, 0.15) is 59.3 Å². The van der Waals surface area contributed by atoms with Crippen LogP contribution in [0.2, 0.25) is 0 Å². The first kappa shape index (κ1) is 15.6. The molecule has 1 nitrogen and oxygen atoms in total. The van der Waals surface area contributed by atoms with E-state index in [1.807, 2.05) is 0 Å². The molecule has 0 amide bonds. The second-order valence-electron chi connectivity index (χ2n) is 6.49. The van der Waals surface area contributed by atoms with Gasteiger partial charge < -0.3 is 5.32 Å². The predicted molar refractivity (Wildman–Crippen MR) is 73.0 cm³/mol. The van der Waals surface area contributed by atoms with Gasteiger partial charge in [0.15, 0.2) is 0 Å². The molecule has 0 spiro atoms. The lowest BCUT2D eigenvalue weighted by Gasteiger charge is -2.28. The van der Waals surface area contributed by atoms with Crippen molar-refractivity contribution in [1.29, 1.82) is 0 Å². The number of hydrogen-bond acceptors (Lipinski definition) is 1. The smallest absolute Gasteiger partial charge is 0.248 e. The van der Waals surface area contributed by atoms with Gasteiger partial charge in [0.25, 0.3) is 0 Å². The fourth-order valence-electron chi connectivity index (χ4n) is 2.41. The van der Waals surface area contributed by atoms with E-state index in [4.69, 9.17) is 0 Å². The maximum atomic E-state index is 13.2. The Hall–Kier alpha value is -0.440. The minimum absolute atomic E-state index is 0.0809. The number of alkyl halides is 2. The molecule has 0 aliphatic heterocycles. The molecule has 106 valence electrons. The average Bonchev–Trinajstić information content (AvgIpc) is 2.20. The monoisotopic (exact) mass is 259 g/mol. The molecule has 0 saturated heterocycles. The van der Waals surface area contributed by atoms with E-state index in [9.17, 15) is 8.78 Å². The Morgan fingerprint density at radius 1 is 1.28 bits per heavy atom. The van der Waals surface area contributed by atoms with Crippen LogP contribution in [0.15, 0.2) is 12.2 Å². The molecule has 1 fully saturated rings. The number of rotatable bonds is 5. The molecule has 0 bridgehead atoms. The van der Waals surface area contributed by atoms with Crippen LogP contribution in [0.5, 0.6) is 0 Å². The van der Waals surface area contributed by atoms with E-state index in [-0.39, 0.29) is 24.3 Å². The van der Waals surface area contributed by atoms with Gasteiger partial charge in [-0.2, -0.15) is 0 Å². The summed E-state index contributed by atoms with van der Waals surface area (Å²) in [5, 5.41) is 3.40. The van der Waals surface area contributed by atoms with Crippen molar-refractivity contribution in [2.45, 2.75) is 70.8 Å². The molecule has 1 aliphatic rings. The van der Waals surface area contributed by atoms with E-state index in [2.05, 4.69) is 38.2 Å². The lowest BCUT2D eigenvalue weighted by molar-refractivity contribution is -0.0518. The largest absolute Gasteiger partial charge is 0.312 e. The van der Waals surface area contributed by atoms with Crippen molar-refractivity contribution in [3.8, 4) is 0 Å². The van der Waals surface area contributed by atoms with Crippen molar-refractivity contribution in [2.75, 3.05) is 6.54 Å². The first-order valence-electron chi connectivity index (χ1n) is 7.06. The van der Waals surface area contributed by atoms with Crippen molar-refractivity contribution < 1.29 is 8.78 Å². The summed E-state index contributed by atoms with van der Waals surface area (Å²) in [6.45, 7) is 7.36. The normalized spacial score (nSPS) is 24.6. The number of nitrogens with one attached hydrogen (secondary N) is 1. The van der Waals surface area contributed by atoms with Crippen LogP contribution in [0.4, 0.5) is 8.78 Å². The van der Waals surface area contributed by atoms with Crippen LogP contribution in [-0.2, 0) is 0 Å². The molecule has 1 aliphatic carbocycles. The lowest BCUT2D eigenvalue weighted by atomic mass is 9.84. The molecule has 18 heavy (non-hydrogen) atoms. The fraction of sp³-hybridized carbons (Fsp3) is 0.867. The molecule has 0 aromatic carbocycles. The first-order valence-corrected chi connectivity index (χ1v) is 7.06. The maximum absolute atomic E-state index is 13.2. The number of halogens is 2. The quantitative estimate of drug-likeness (QED) is 0.564. The third-order valence-electron chi connectivity index (χ3n) is 3.34. The van der Waals surface area contributed by atoms with Gasteiger partial charge in [-0.05, 0) is 58.9 Å². The second-order valence-corrected chi connectivity index (χ2v) is 6.49. The molecule has 0 aromatic rings. The summed E-state index contributed by atoms with van der Waals surface area (Å²) in [5.74, 6) is -2.23. The molecule has 1 rings (SSSR count). The van der Waals surface area contributed by atoms with Crippen molar-refractivity contribution in [2.24, 2.45) is 5.92 Å². The van der Waals surface area contributed by atoms with Crippen LogP contribution in [-0.4, -0.2) is 18.0 Å². The molecule has 1 N–H and O–H groups in total. The van der Waals surface area contributed by atoms with Gasteiger partial charge in [0.1, 0.15) is 0 Å². The van der Waals surface area contributed by atoms with Crippen LogP contribution in [0, 0.1) is 5.92 Å². The molecular weight excluding hydrogens is 232 g/mol. The van der Waals surface area contributed by atoms with E-state index in [0.29, 0.717) is 6.42 Å². The van der Waals surface area contributed by atoms with Crippen LogP contribution in [0.3, 0.4) is 0 Å². The summed E-state index contributed by atoms with van der Waals surface area (Å²) in [6.07, 6.45) is 7.78. The average molecular weight is 259 g/mol. The van der Waals surface area contributed by atoms with Gasteiger partial charge in [0.2, 0.25) is 5.92 Å². The third-order valence-corrected chi connectivity index (χ3v) is 3.34. The van der Waals surface area contributed by atoms with E-state index in [1.54, 1.807) is 0 Å². The van der Waals surface area contributed by atoms with E-state index in [0.717, 1.165) is 25.8 Å². The lowest BCUT2D eigenvalue weighted by Crippen LogP contribution is -2.36. The maximum Gasteiger partial charge on any atom is 0.248 e. The summed E-state index contributed by atoms with van der Waals surface area (Å²) < 4.78 is 26.4. The van der Waals surface area contributed by atoms with Crippen molar-refractivity contribution >= 4 is 0 Å². The molecule has 3 heteroatoms. The molecular formula is C15H27F2N. The Balaban J connectivity index is 2.13. The molecule has 1 saturated carbocycles. The van der Waals surface area contributed by atoms with Gasteiger partial charge in [-0.1, -0.05) is 12.2 Å². The van der Waals surface area contributed by atoms with Gasteiger partial charge in [-0.25, -0.2) is 8.78 Å². The second kappa shape index (κ2) is 6.65. The van der Waals surface area contributed by atoms with Gasteiger partial charge in [-0.3, -0.25) is 0 Å². The fourth-order valence-corrected chi connectivity index (χ4v) is 2.41. The van der Waals surface area contributed by atoms with Crippen molar-refractivity contribution in [3.05, 3.63) is 12.2 Å². The summed E-state index contributed by atoms with van der Waals surface area (Å²) in [7, 11) is 0. The molecule has 0 radical (unpaired) electrons. The Morgan fingerprint density at radius 2 is 2.00 bits per heavy atom. The molecule has 0 heterocycles. The zero-order valence-electron chi connectivity index (χ0n) is 11.9. The summed E-state index contributed by atoms with van der Waals surface area (Å²) >= 11 is 0. The van der Waals surface area contributed by atoms with E-state index >= 15 is 0 Å². The minimum atomic E-state index is -2.41. The standard InChI is InChI=1S/C15H27F2N/c1-14(2,3)18-11-6-4-5-8-13-9-7-10-15(16,17)12-13/h4-5,13,18H,6-12H2,1-3H3/b5-4+. The van der Waals surface area contributed by atoms with Crippen molar-refractivity contribution in [3.63, 3.8) is 0 Å². The van der Waals surface area contributed by atoms with Gasteiger partial charge in [-0.15, -0.1) is 0 Å². The van der Waals surface area contributed by atoms with E-state index in [1.165, 1.54) is 0 Å². The third kappa shape index (κ3) is 7.10. The highest BCUT2D eigenvalue weighted by atomic mass is 19.3. The molecule has 0 aromatic heterocycles. The zero-order chi connectivity index (χ0) is 13.6.